The predicted molar refractivity (Wildman–Crippen MR) is 136 cm³/mol. The first kappa shape index (κ1) is 27.4. The van der Waals surface area contributed by atoms with E-state index in [1.165, 1.54) is 0 Å². The number of ketones is 2. The summed E-state index contributed by atoms with van der Waals surface area (Å²) in [4.78, 5) is 28.8. The van der Waals surface area contributed by atoms with Crippen LogP contribution in [0.2, 0.25) is 0 Å². The molecule has 0 spiro atoms. The van der Waals surface area contributed by atoms with Crippen molar-refractivity contribution in [2.45, 2.75) is 75.8 Å². The van der Waals surface area contributed by atoms with Crippen molar-refractivity contribution in [3.63, 3.8) is 0 Å². The molecule has 0 saturated carbocycles. The van der Waals surface area contributed by atoms with Crippen molar-refractivity contribution < 1.29 is 49.7 Å². The van der Waals surface area contributed by atoms with Crippen LogP contribution >= 0.6 is 0 Å². The van der Waals surface area contributed by atoms with E-state index in [0.29, 0.717) is 0 Å². The highest BCUT2D eigenvalue weighted by Crippen LogP contribution is 2.54. The highest BCUT2D eigenvalue weighted by Gasteiger charge is 2.50. The summed E-state index contributed by atoms with van der Waals surface area (Å²) < 4.78 is 12.2. The number of likely N-dealkylation sites (N-methyl/N-ethyl adjacent to an activating group) is 1. The smallest absolute Gasteiger partial charge is 0.202 e. The van der Waals surface area contributed by atoms with Gasteiger partial charge < -0.3 is 45.0 Å². The minimum absolute atomic E-state index is 0.0464. The largest absolute Gasteiger partial charge is 0.507 e. The molecule has 3 aliphatic rings. The first-order chi connectivity index (χ1) is 18.3. The van der Waals surface area contributed by atoms with E-state index < -0.39 is 87.0 Å². The molecule has 2 unspecified atom stereocenters. The van der Waals surface area contributed by atoms with Crippen molar-refractivity contribution in [2.24, 2.45) is 0 Å². The van der Waals surface area contributed by atoms with E-state index in [1.807, 2.05) is 19.0 Å². The highest BCUT2D eigenvalue weighted by molar-refractivity contribution is 6.32. The highest BCUT2D eigenvalue weighted by atomic mass is 16.7. The van der Waals surface area contributed by atoms with Gasteiger partial charge in [-0.05, 0) is 52.4 Å². The molecule has 6 N–H and O–H groups in total. The van der Waals surface area contributed by atoms with Gasteiger partial charge in [-0.25, -0.2) is 0 Å². The molecule has 5 rings (SSSR count). The molecule has 2 aromatic carbocycles. The Hall–Kier alpha value is -3.22. The van der Waals surface area contributed by atoms with Crippen LogP contribution < -0.4 is 0 Å². The van der Waals surface area contributed by atoms with Gasteiger partial charge >= 0.3 is 0 Å². The fraction of sp³-hybridized carbons (Fsp3) is 0.500. The zero-order valence-corrected chi connectivity index (χ0v) is 22.1. The van der Waals surface area contributed by atoms with Crippen LogP contribution in [0.3, 0.4) is 0 Å². The minimum Gasteiger partial charge on any atom is -0.507 e. The lowest BCUT2D eigenvalue weighted by Crippen LogP contribution is -2.54. The van der Waals surface area contributed by atoms with Crippen molar-refractivity contribution in [1.29, 1.82) is 0 Å². The number of carbonyl (C=O) groups excluding carboxylic acids is 2. The van der Waals surface area contributed by atoms with Crippen molar-refractivity contribution in [3.05, 3.63) is 45.5 Å². The number of phenols is 4. The summed E-state index contributed by atoms with van der Waals surface area (Å²) in [6.45, 7) is 3.43. The maximum absolute atomic E-state index is 13.6. The molecule has 11 nitrogen and oxygen atoms in total. The summed E-state index contributed by atoms with van der Waals surface area (Å²) in [5.74, 6) is -4.23. The first-order valence-corrected chi connectivity index (χ1v) is 12.9. The summed E-state index contributed by atoms with van der Waals surface area (Å²) in [5, 5.41) is 65.7. The Bertz CT molecular complexity index is 1370. The van der Waals surface area contributed by atoms with Gasteiger partial charge in [0, 0.05) is 23.6 Å². The number of rotatable bonds is 4. The fourth-order valence-corrected chi connectivity index (χ4v) is 6.14. The average molecular weight is 544 g/mol. The topological polar surface area (TPSA) is 177 Å². The molecule has 11 heteroatoms. The number of hydrogen-bond donors (Lipinski definition) is 6. The third kappa shape index (κ3) is 3.99. The molecular weight excluding hydrogens is 510 g/mol. The molecule has 210 valence electrons. The van der Waals surface area contributed by atoms with Crippen LogP contribution in [0.5, 0.6) is 23.0 Å². The Balaban J connectivity index is 1.67. The number of aliphatic hydroxyl groups excluding tert-OH is 1. The lowest BCUT2D eigenvalue weighted by Gasteiger charge is -2.46. The first-order valence-electron chi connectivity index (χ1n) is 12.9. The molecule has 39 heavy (non-hydrogen) atoms. The zero-order chi connectivity index (χ0) is 28.5. The van der Waals surface area contributed by atoms with E-state index in [0.717, 1.165) is 12.1 Å². The summed E-state index contributed by atoms with van der Waals surface area (Å²) in [5.41, 5.74) is -3.42. The van der Waals surface area contributed by atoms with Crippen LogP contribution in [0.25, 0.3) is 0 Å². The molecule has 1 aliphatic heterocycles. The lowest BCUT2D eigenvalue weighted by atomic mass is 9.71. The lowest BCUT2D eigenvalue weighted by molar-refractivity contribution is -0.276. The Morgan fingerprint density at radius 3 is 2.10 bits per heavy atom. The number of nitrogens with zero attached hydrogens (tertiary/aromatic N) is 1. The van der Waals surface area contributed by atoms with Gasteiger partial charge in [-0.2, -0.15) is 0 Å². The molecule has 6 atom stereocenters. The number of ether oxygens (including phenoxy) is 2. The molecule has 1 fully saturated rings. The number of aromatic hydroxyl groups is 4. The van der Waals surface area contributed by atoms with Gasteiger partial charge in [0.15, 0.2) is 6.29 Å². The van der Waals surface area contributed by atoms with Gasteiger partial charge in [-0.1, -0.05) is 6.92 Å². The number of aliphatic hydroxyl groups is 2. The SMILES string of the molecule is CCC1(O)CCc2c(O)c3c(c(O)c2C1O[C@H]1C[C@H](N(C)C)[C@H](O)[C@H](C)O1)C(=O)c1c(O)ccc(O)c1C3=O. The van der Waals surface area contributed by atoms with Crippen molar-refractivity contribution in [1.82, 2.24) is 4.90 Å². The molecule has 1 heterocycles. The maximum Gasteiger partial charge on any atom is 0.202 e. The monoisotopic (exact) mass is 543 g/mol. The molecule has 0 bridgehead atoms. The molecule has 0 radical (unpaired) electrons. The predicted octanol–water partition coefficient (Wildman–Crippen LogP) is 1.86. The normalized spacial score (nSPS) is 30.2. The molecular formula is C28H33NO10. The Morgan fingerprint density at radius 2 is 1.56 bits per heavy atom. The second-order valence-corrected chi connectivity index (χ2v) is 10.9. The zero-order valence-electron chi connectivity index (χ0n) is 22.1. The standard InChI is InChI=1S/C28H33NO10/c1-5-28(37)9-8-12-17(27(28)39-16-10-13(29(3)4)22(32)11(2)38-16)24(34)21-20(23(12)33)25(35)18-14(30)6-7-15(31)19(18)26(21)36/h6-7,11,13,16,22,27,30-34,37H,5,8-10H2,1-4H3/t11-,13-,16-,22+,27?,28?/m0/s1. The van der Waals surface area contributed by atoms with Crippen LogP contribution in [0.4, 0.5) is 0 Å². The van der Waals surface area contributed by atoms with Gasteiger partial charge in [-0.3, -0.25) is 9.59 Å². The molecule has 0 amide bonds. The molecule has 1 saturated heterocycles. The summed E-state index contributed by atoms with van der Waals surface area (Å²) in [6.07, 6.45) is -2.97. The molecule has 0 aromatic heterocycles. The molecule has 2 aromatic rings. The van der Waals surface area contributed by atoms with E-state index in [2.05, 4.69) is 0 Å². The van der Waals surface area contributed by atoms with Crippen LogP contribution in [0.1, 0.15) is 82.2 Å². The molecule has 2 aliphatic carbocycles. The Kier molecular flexibility index (Phi) is 6.63. The number of benzene rings is 2. The summed E-state index contributed by atoms with van der Waals surface area (Å²) in [6, 6.07) is 1.79. The van der Waals surface area contributed by atoms with E-state index in [4.69, 9.17) is 9.47 Å². The van der Waals surface area contributed by atoms with Gasteiger partial charge in [-0.15, -0.1) is 0 Å². The van der Waals surface area contributed by atoms with Gasteiger partial charge in [0.1, 0.15) is 29.1 Å². The van der Waals surface area contributed by atoms with Gasteiger partial charge in [0.05, 0.1) is 40.1 Å². The van der Waals surface area contributed by atoms with E-state index in [1.54, 1.807) is 13.8 Å². The van der Waals surface area contributed by atoms with Crippen molar-refractivity contribution in [3.8, 4) is 23.0 Å². The maximum atomic E-state index is 13.6. The van der Waals surface area contributed by atoms with Crippen LogP contribution in [-0.2, 0) is 15.9 Å². The summed E-state index contributed by atoms with van der Waals surface area (Å²) >= 11 is 0. The number of fused-ring (bicyclic) bond motifs is 3. The third-order valence-electron chi connectivity index (χ3n) is 8.46. The quantitative estimate of drug-likeness (QED) is 0.265. The van der Waals surface area contributed by atoms with Crippen LogP contribution in [0.15, 0.2) is 12.1 Å². The van der Waals surface area contributed by atoms with E-state index in [9.17, 15) is 40.2 Å². The van der Waals surface area contributed by atoms with Crippen molar-refractivity contribution in [2.75, 3.05) is 14.1 Å². The van der Waals surface area contributed by atoms with Crippen LogP contribution in [-0.4, -0.2) is 91.3 Å². The fourth-order valence-electron chi connectivity index (χ4n) is 6.14. The van der Waals surface area contributed by atoms with Gasteiger partial charge in [0.2, 0.25) is 11.6 Å². The second-order valence-electron chi connectivity index (χ2n) is 10.9. The average Bonchev–Trinajstić information content (AvgIpc) is 2.88. The Morgan fingerprint density at radius 1 is 1.00 bits per heavy atom. The second kappa shape index (κ2) is 9.46. The third-order valence-corrected chi connectivity index (χ3v) is 8.46. The minimum atomic E-state index is -1.53. The van der Waals surface area contributed by atoms with Crippen molar-refractivity contribution >= 4 is 11.6 Å². The van der Waals surface area contributed by atoms with E-state index in [-0.39, 0.29) is 42.9 Å². The summed E-state index contributed by atoms with van der Waals surface area (Å²) in [7, 11) is 3.62. The number of carbonyl (C=O) groups is 2. The number of phenolic OH excluding ortho intramolecular Hbond substituents is 4. The Labute approximate surface area is 224 Å². The van der Waals surface area contributed by atoms with Crippen LogP contribution in [0, 0.1) is 0 Å². The number of hydrogen-bond acceptors (Lipinski definition) is 11. The van der Waals surface area contributed by atoms with Gasteiger partial charge in [0.25, 0.3) is 0 Å². The van der Waals surface area contributed by atoms with E-state index >= 15 is 0 Å².